The highest BCUT2D eigenvalue weighted by molar-refractivity contribution is 4.44. The Morgan fingerprint density at radius 1 is 0.667 bits per heavy atom. The maximum absolute atomic E-state index is 5.11. The fourth-order valence-corrected chi connectivity index (χ4v) is 0.906. The second kappa shape index (κ2) is 2.64. The summed E-state index contributed by atoms with van der Waals surface area (Å²) in [4.78, 5) is 0. The molecule has 0 aromatic carbocycles. The van der Waals surface area contributed by atoms with Crippen molar-refractivity contribution in [1.29, 1.82) is 0 Å². The standard InChI is InChI=1S/C6H12O3/c1-4-7-5(2)9-6(3)8-4/h4-6H,1-3H3/t4-,5+,6-. The van der Waals surface area contributed by atoms with Crippen LogP contribution in [0.15, 0.2) is 0 Å². The van der Waals surface area contributed by atoms with Crippen LogP contribution in [0.2, 0.25) is 0 Å². The Labute approximate surface area is 54.9 Å². The molecule has 0 bridgehead atoms. The quantitative estimate of drug-likeness (QED) is 0.493. The van der Waals surface area contributed by atoms with E-state index < -0.39 is 0 Å². The molecule has 1 rings (SSSR count). The predicted octanol–water partition coefficient (Wildman–Crippen LogP) is 1.09. The third-order valence-corrected chi connectivity index (χ3v) is 1.15. The van der Waals surface area contributed by atoms with E-state index in [2.05, 4.69) is 0 Å². The van der Waals surface area contributed by atoms with Gasteiger partial charge < -0.3 is 14.2 Å². The monoisotopic (exact) mass is 132 g/mol. The van der Waals surface area contributed by atoms with Gasteiger partial charge in [-0.3, -0.25) is 0 Å². The first-order valence-corrected chi connectivity index (χ1v) is 3.15. The van der Waals surface area contributed by atoms with Crippen LogP contribution in [-0.4, -0.2) is 18.9 Å². The molecule has 54 valence electrons. The van der Waals surface area contributed by atoms with Crippen molar-refractivity contribution in [2.75, 3.05) is 0 Å². The zero-order valence-electron chi connectivity index (χ0n) is 5.96. The molecule has 3 heteroatoms. The summed E-state index contributed by atoms with van der Waals surface area (Å²) >= 11 is 0. The molecule has 0 aliphatic carbocycles. The first-order chi connectivity index (χ1) is 4.18. The summed E-state index contributed by atoms with van der Waals surface area (Å²) in [6, 6.07) is 0. The Morgan fingerprint density at radius 2 is 0.889 bits per heavy atom. The lowest BCUT2D eigenvalue weighted by Gasteiger charge is -2.30. The molecule has 1 fully saturated rings. The van der Waals surface area contributed by atoms with Crippen molar-refractivity contribution in [2.45, 2.75) is 39.6 Å². The molecule has 0 aromatic rings. The minimum Gasteiger partial charge on any atom is -0.324 e. The summed E-state index contributed by atoms with van der Waals surface area (Å²) in [5.74, 6) is 0. The van der Waals surface area contributed by atoms with Crippen molar-refractivity contribution in [3.63, 3.8) is 0 Å². The molecule has 1 aliphatic heterocycles. The highest BCUT2D eigenvalue weighted by Gasteiger charge is 2.20. The van der Waals surface area contributed by atoms with E-state index in [1.165, 1.54) is 0 Å². The average molecular weight is 132 g/mol. The average Bonchev–Trinajstić information content (AvgIpc) is 1.59. The van der Waals surface area contributed by atoms with Gasteiger partial charge in [0.05, 0.1) is 0 Å². The molecule has 9 heavy (non-hydrogen) atoms. The normalized spacial score (nSPS) is 45.0. The van der Waals surface area contributed by atoms with Gasteiger partial charge >= 0.3 is 0 Å². The lowest BCUT2D eigenvalue weighted by Crippen LogP contribution is -2.35. The van der Waals surface area contributed by atoms with Crippen molar-refractivity contribution in [1.82, 2.24) is 0 Å². The van der Waals surface area contributed by atoms with E-state index in [4.69, 9.17) is 14.2 Å². The van der Waals surface area contributed by atoms with Gasteiger partial charge in [-0.2, -0.15) is 0 Å². The zero-order valence-corrected chi connectivity index (χ0v) is 5.96. The molecule has 0 amide bonds. The van der Waals surface area contributed by atoms with E-state index in [0.29, 0.717) is 0 Å². The number of hydrogen-bond donors (Lipinski definition) is 0. The molecule has 0 unspecified atom stereocenters. The molecule has 0 aromatic heterocycles. The zero-order chi connectivity index (χ0) is 6.85. The molecular formula is C6H12O3. The van der Waals surface area contributed by atoms with Crippen molar-refractivity contribution >= 4 is 0 Å². The Kier molecular flexibility index (Phi) is 2.05. The molecule has 3 nitrogen and oxygen atoms in total. The van der Waals surface area contributed by atoms with Gasteiger partial charge in [-0.15, -0.1) is 0 Å². The van der Waals surface area contributed by atoms with E-state index in [1.54, 1.807) is 0 Å². The molecule has 0 N–H and O–H groups in total. The van der Waals surface area contributed by atoms with Crippen LogP contribution in [0.3, 0.4) is 0 Å². The summed E-state index contributed by atoms with van der Waals surface area (Å²) in [5, 5.41) is 0. The van der Waals surface area contributed by atoms with Crippen molar-refractivity contribution in [3.8, 4) is 0 Å². The van der Waals surface area contributed by atoms with Gasteiger partial charge in [0.25, 0.3) is 0 Å². The van der Waals surface area contributed by atoms with E-state index in [0.717, 1.165) is 0 Å². The minimum atomic E-state index is -0.135. The Balaban J connectivity index is 2.34. The molecular weight excluding hydrogens is 120 g/mol. The van der Waals surface area contributed by atoms with Crippen molar-refractivity contribution < 1.29 is 14.2 Å². The lowest BCUT2D eigenvalue weighted by molar-refractivity contribution is -0.367. The van der Waals surface area contributed by atoms with Gasteiger partial charge in [-0.05, 0) is 20.8 Å². The number of ether oxygens (including phenoxy) is 3. The van der Waals surface area contributed by atoms with Crippen LogP contribution in [0.5, 0.6) is 0 Å². The lowest BCUT2D eigenvalue weighted by atomic mass is 10.6. The van der Waals surface area contributed by atoms with Crippen molar-refractivity contribution in [2.24, 2.45) is 0 Å². The smallest absolute Gasteiger partial charge is 0.161 e. The largest absolute Gasteiger partial charge is 0.324 e. The SMILES string of the molecule is C[C@H]1O[C@@H](C)O[C@@H](C)O1. The fourth-order valence-electron chi connectivity index (χ4n) is 0.906. The van der Waals surface area contributed by atoms with Crippen LogP contribution in [0, 0.1) is 0 Å². The summed E-state index contributed by atoms with van der Waals surface area (Å²) in [6.07, 6.45) is -0.406. The Hall–Kier alpha value is -0.120. The van der Waals surface area contributed by atoms with Gasteiger partial charge in [0.2, 0.25) is 0 Å². The first-order valence-electron chi connectivity index (χ1n) is 3.15. The van der Waals surface area contributed by atoms with E-state index >= 15 is 0 Å². The van der Waals surface area contributed by atoms with Crippen molar-refractivity contribution in [3.05, 3.63) is 0 Å². The predicted molar refractivity (Wildman–Crippen MR) is 31.6 cm³/mol. The molecule has 0 spiro atoms. The van der Waals surface area contributed by atoms with Gasteiger partial charge in [0, 0.05) is 0 Å². The van der Waals surface area contributed by atoms with E-state index in [1.807, 2.05) is 20.8 Å². The van der Waals surface area contributed by atoms with Gasteiger partial charge in [-0.1, -0.05) is 0 Å². The van der Waals surface area contributed by atoms with Crippen LogP contribution in [0.1, 0.15) is 20.8 Å². The number of rotatable bonds is 0. The summed E-state index contributed by atoms with van der Waals surface area (Å²) in [7, 11) is 0. The van der Waals surface area contributed by atoms with Gasteiger partial charge in [-0.25, -0.2) is 0 Å². The molecule has 0 atom stereocenters. The number of hydrogen-bond acceptors (Lipinski definition) is 3. The van der Waals surface area contributed by atoms with E-state index in [9.17, 15) is 0 Å². The Bertz CT molecular complexity index is 69.3. The second-order valence-electron chi connectivity index (χ2n) is 2.11. The topological polar surface area (TPSA) is 27.7 Å². The molecule has 1 aliphatic rings. The molecule has 1 saturated heterocycles. The van der Waals surface area contributed by atoms with Crippen LogP contribution in [0.4, 0.5) is 0 Å². The first kappa shape index (κ1) is 6.99. The second-order valence-corrected chi connectivity index (χ2v) is 2.11. The maximum atomic E-state index is 5.11. The summed E-state index contributed by atoms with van der Waals surface area (Å²) in [5.41, 5.74) is 0. The third kappa shape index (κ3) is 1.93. The highest BCUT2D eigenvalue weighted by Crippen LogP contribution is 2.13. The molecule has 0 radical (unpaired) electrons. The van der Waals surface area contributed by atoms with Crippen LogP contribution < -0.4 is 0 Å². The highest BCUT2D eigenvalue weighted by atomic mass is 16.9. The molecule has 0 saturated carbocycles. The van der Waals surface area contributed by atoms with Crippen LogP contribution in [0.25, 0.3) is 0 Å². The van der Waals surface area contributed by atoms with E-state index in [-0.39, 0.29) is 18.9 Å². The van der Waals surface area contributed by atoms with Gasteiger partial charge in [0.15, 0.2) is 18.9 Å². The summed E-state index contributed by atoms with van der Waals surface area (Å²) in [6.45, 7) is 5.57. The van der Waals surface area contributed by atoms with Crippen LogP contribution in [-0.2, 0) is 14.2 Å². The fraction of sp³-hybridized carbons (Fsp3) is 1.00. The minimum absolute atomic E-state index is 0.135. The van der Waals surface area contributed by atoms with Gasteiger partial charge in [0.1, 0.15) is 0 Å². The van der Waals surface area contributed by atoms with Crippen LogP contribution >= 0.6 is 0 Å². The Morgan fingerprint density at radius 3 is 1.11 bits per heavy atom. The maximum Gasteiger partial charge on any atom is 0.161 e. The third-order valence-electron chi connectivity index (χ3n) is 1.15. The molecule has 1 heterocycles. The summed E-state index contributed by atoms with van der Waals surface area (Å²) < 4.78 is 15.3.